The third-order valence-corrected chi connectivity index (χ3v) is 6.10. The smallest absolute Gasteiger partial charge is 0.148 e. The zero-order valence-corrected chi connectivity index (χ0v) is 17.4. The largest absolute Gasteiger partial charge is 0.487 e. The Balaban J connectivity index is 1.61. The lowest BCUT2D eigenvalue weighted by atomic mass is 10.2. The molecule has 0 spiro atoms. The lowest BCUT2D eigenvalue weighted by Gasteiger charge is -2.12. The Labute approximate surface area is 170 Å². The van der Waals surface area contributed by atoms with Gasteiger partial charge in [0.1, 0.15) is 23.2 Å². The van der Waals surface area contributed by atoms with Crippen LogP contribution < -0.4 is 4.74 Å². The van der Waals surface area contributed by atoms with Crippen molar-refractivity contribution < 1.29 is 9.13 Å². The summed E-state index contributed by atoms with van der Waals surface area (Å²) in [6, 6.07) is 18.4. The number of aromatic nitrogens is 1. The molecule has 0 unspecified atom stereocenters. The van der Waals surface area contributed by atoms with Crippen LogP contribution in [0.5, 0.6) is 5.75 Å². The van der Waals surface area contributed by atoms with Crippen LogP contribution in [0, 0.1) is 5.82 Å². The summed E-state index contributed by atoms with van der Waals surface area (Å²) < 4.78 is 21.7. The van der Waals surface area contributed by atoms with E-state index in [9.17, 15) is 4.39 Å². The molecule has 0 atom stereocenters. The summed E-state index contributed by atoms with van der Waals surface area (Å²) in [7, 11) is 0. The highest BCUT2D eigenvalue weighted by atomic mass is 79.9. The van der Waals surface area contributed by atoms with Crippen molar-refractivity contribution in [2.45, 2.75) is 6.61 Å². The second kappa shape index (κ2) is 7.47. The number of thiazole rings is 1. The number of halogens is 3. The minimum atomic E-state index is -0.253. The van der Waals surface area contributed by atoms with Crippen LogP contribution in [0.1, 0.15) is 5.56 Å². The standard InChI is InChI=1S/C20H12Br2FNOS/c21-15-9-13(20-24-17-3-1-2-4-18(17)26-20)10-16(22)19(15)25-11-12-5-7-14(23)8-6-12/h1-10H,11H2. The molecule has 0 fully saturated rings. The van der Waals surface area contributed by atoms with Gasteiger partial charge in [-0.2, -0.15) is 0 Å². The first-order valence-corrected chi connectivity index (χ1v) is 10.2. The molecule has 0 aliphatic rings. The fourth-order valence-corrected chi connectivity index (χ4v) is 4.92. The maximum atomic E-state index is 13.0. The number of benzene rings is 3. The van der Waals surface area contributed by atoms with Gasteiger partial charge in [-0.3, -0.25) is 0 Å². The Morgan fingerprint density at radius 3 is 2.35 bits per heavy atom. The van der Waals surface area contributed by atoms with Crippen LogP contribution in [0.2, 0.25) is 0 Å². The first-order valence-electron chi connectivity index (χ1n) is 7.82. The number of hydrogen-bond donors (Lipinski definition) is 0. The summed E-state index contributed by atoms with van der Waals surface area (Å²) in [5.41, 5.74) is 2.91. The summed E-state index contributed by atoms with van der Waals surface area (Å²) in [5, 5.41) is 0.956. The van der Waals surface area contributed by atoms with Crippen molar-refractivity contribution in [2.75, 3.05) is 0 Å². The fourth-order valence-electron chi connectivity index (χ4n) is 2.55. The van der Waals surface area contributed by atoms with E-state index in [0.29, 0.717) is 12.4 Å². The number of fused-ring (bicyclic) bond motifs is 1. The predicted octanol–water partition coefficient (Wildman–Crippen LogP) is 7.21. The minimum Gasteiger partial charge on any atom is -0.487 e. The van der Waals surface area contributed by atoms with Gasteiger partial charge in [0.15, 0.2) is 0 Å². The number of hydrogen-bond acceptors (Lipinski definition) is 3. The Morgan fingerprint density at radius 2 is 1.65 bits per heavy atom. The van der Waals surface area contributed by atoms with Crippen molar-refractivity contribution in [2.24, 2.45) is 0 Å². The molecule has 0 bridgehead atoms. The molecule has 6 heteroatoms. The molecule has 0 aliphatic heterocycles. The number of ether oxygens (including phenoxy) is 1. The zero-order chi connectivity index (χ0) is 18.1. The maximum absolute atomic E-state index is 13.0. The molecule has 4 rings (SSSR count). The van der Waals surface area contributed by atoms with Gasteiger partial charge in [0, 0.05) is 5.56 Å². The quantitative estimate of drug-likeness (QED) is 0.300. The van der Waals surface area contributed by atoms with Crippen LogP contribution in [0.3, 0.4) is 0 Å². The van der Waals surface area contributed by atoms with Gasteiger partial charge in [0.25, 0.3) is 0 Å². The number of para-hydroxylation sites is 1. The van der Waals surface area contributed by atoms with Gasteiger partial charge in [-0.25, -0.2) is 9.37 Å². The van der Waals surface area contributed by atoms with E-state index in [1.807, 2.05) is 30.3 Å². The lowest BCUT2D eigenvalue weighted by molar-refractivity contribution is 0.302. The molecule has 0 saturated heterocycles. The lowest BCUT2D eigenvalue weighted by Crippen LogP contribution is -1.97. The molecular formula is C20H12Br2FNOS. The fraction of sp³-hybridized carbons (Fsp3) is 0.0500. The summed E-state index contributed by atoms with van der Waals surface area (Å²) in [6.07, 6.45) is 0. The Kier molecular flexibility index (Phi) is 5.07. The monoisotopic (exact) mass is 491 g/mol. The van der Waals surface area contributed by atoms with E-state index < -0.39 is 0 Å². The average molecular weight is 493 g/mol. The van der Waals surface area contributed by atoms with E-state index in [1.54, 1.807) is 23.5 Å². The van der Waals surface area contributed by atoms with E-state index in [-0.39, 0.29) is 5.82 Å². The van der Waals surface area contributed by atoms with Gasteiger partial charge in [-0.05, 0) is 73.8 Å². The predicted molar refractivity (Wildman–Crippen MR) is 111 cm³/mol. The maximum Gasteiger partial charge on any atom is 0.148 e. The topological polar surface area (TPSA) is 22.1 Å². The second-order valence-corrected chi connectivity index (χ2v) is 8.41. The number of nitrogens with zero attached hydrogens (tertiary/aromatic N) is 1. The Morgan fingerprint density at radius 1 is 0.962 bits per heavy atom. The van der Waals surface area contributed by atoms with E-state index >= 15 is 0 Å². The van der Waals surface area contributed by atoms with Crippen molar-refractivity contribution in [3.05, 3.63) is 81.0 Å². The van der Waals surface area contributed by atoms with Crippen LogP contribution in [0.15, 0.2) is 69.6 Å². The van der Waals surface area contributed by atoms with Crippen molar-refractivity contribution >= 4 is 53.4 Å². The molecular weight excluding hydrogens is 481 g/mol. The molecule has 1 heterocycles. The highest BCUT2D eigenvalue weighted by Crippen LogP contribution is 2.40. The van der Waals surface area contributed by atoms with Crippen LogP contribution in [0.4, 0.5) is 4.39 Å². The van der Waals surface area contributed by atoms with Gasteiger partial charge in [0.2, 0.25) is 0 Å². The molecule has 0 amide bonds. The molecule has 0 N–H and O–H groups in total. The minimum absolute atomic E-state index is 0.253. The van der Waals surface area contributed by atoms with E-state index in [0.717, 1.165) is 35.3 Å². The first-order chi connectivity index (χ1) is 12.6. The van der Waals surface area contributed by atoms with Crippen LogP contribution in [-0.4, -0.2) is 4.98 Å². The summed E-state index contributed by atoms with van der Waals surface area (Å²) >= 11 is 8.83. The SMILES string of the molecule is Fc1ccc(COc2c(Br)cc(-c3nc4ccccc4s3)cc2Br)cc1. The second-order valence-electron chi connectivity index (χ2n) is 5.67. The van der Waals surface area contributed by atoms with Gasteiger partial charge in [0.05, 0.1) is 19.2 Å². The van der Waals surface area contributed by atoms with Gasteiger partial charge in [-0.1, -0.05) is 24.3 Å². The molecule has 2 nitrogen and oxygen atoms in total. The van der Waals surface area contributed by atoms with Crippen molar-refractivity contribution in [3.63, 3.8) is 0 Å². The molecule has 4 aromatic rings. The molecule has 0 aliphatic carbocycles. The van der Waals surface area contributed by atoms with Crippen molar-refractivity contribution in [3.8, 4) is 16.3 Å². The molecule has 26 heavy (non-hydrogen) atoms. The summed E-state index contributed by atoms with van der Waals surface area (Å²) in [5.74, 6) is 0.454. The third kappa shape index (κ3) is 3.68. The summed E-state index contributed by atoms with van der Waals surface area (Å²) in [6.45, 7) is 0.359. The molecule has 130 valence electrons. The zero-order valence-electron chi connectivity index (χ0n) is 13.4. The first kappa shape index (κ1) is 17.6. The van der Waals surface area contributed by atoms with Crippen LogP contribution >= 0.6 is 43.2 Å². The highest BCUT2D eigenvalue weighted by molar-refractivity contribution is 9.11. The van der Waals surface area contributed by atoms with E-state index in [2.05, 4.69) is 37.9 Å². The average Bonchev–Trinajstić information content (AvgIpc) is 3.06. The van der Waals surface area contributed by atoms with Crippen molar-refractivity contribution in [1.29, 1.82) is 0 Å². The van der Waals surface area contributed by atoms with E-state index in [1.165, 1.54) is 12.1 Å². The van der Waals surface area contributed by atoms with Crippen molar-refractivity contribution in [1.82, 2.24) is 4.98 Å². The normalized spacial score (nSPS) is 11.0. The third-order valence-electron chi connectivity index (χ3n) is 3.84. The number of rotatable bonds is 4. The van der Waals surface area contributed by atoms with Crippen LogP contribution in [0.25, 0.3) is 20.8 Å². The Bertz CT molecular complexity index is 1020. The van der Waals surface area contributed by atoms with E-state index in [4.69, 9.17) is 9.72 Å². The van der Waals surface area contributed by atoms with Gasteiger partial charge in [-0.15, -0.1) is 11.3 Å². The van der Waals surface area contributed by atoms with Gasteiger partial charge < -0.3 is 4.74 Å². The molecule has 0 saturated carbocycles. The highest BCUT2D eigenvalue weighted by Gasteiger charge is 2.13. The summed E-state index contributed by atoms with van der Waals surface area (Å²) in [4.78, 5) is 4.70. The van der Waals surface area contributed by atoms with Gasteiger partial charge >= 0.3 is 0 Å². The molecule has 3 aromatic carbocycles. The molecule has 1 aromatic heterocycles. The van der Waals surface area contributed by atoms with Crippen LogP contribution in [-0.2, 0) is 6.61 Å². The Hall–Kier alpha value is -1.76. The molecule has 0 radical (unpaired) electrons.